The molecule has 1 aliphatic rings. The van der Waals surface area contributed by atoms with Crippen LogP contribution in [0.5, 0.6) is 0 Å². The van der Waals surface area contributed by atoms with Crippen LogP contribution >= 0.6 is 0 Å². The van der Waals surface area contributed by atoms with Gasteiger partial charge in [0.15, 0.2) is 0 Å². The molecule has 5 nitrogen and oxygen atoms in total. The molecule has 0 amide bonds. The van der Waals surface area contributed by atoms with E-state index in [9.17, 15) is 8.42 Å². The third kappa shape index (κ3) is 3.33. The summed E-state index contributed by atoms with van der Waals surface area (Å²) in [5.41, 5.74) is 7.29. The van der Waals surface area contributed by atoms with Gasteiger partial charge in [0.2, 0.25) is 10.0 Å². The first-order valence-electron chi connectivity index (χ1n) is 6.35. The monoisotopic (exact) mass is 284 g/mol. The van der Waals surface area contributed by atoms with Crippen LogP contribution in [-0.2, 0) is 27.1 Å². The van der Waals surface area contributed by atoms with E-state index in [1.807, 2.05) is 24.3 Å². The molecule has 1 fully saturated rings. The highest BCUT2D eigenvalue weighted by Crippen LogP contribution is 2.19. The minimum atomic E-state index is -3.33. The summed E-state index contributed by atoms with van der Waals surface area (Å²) in [5.74, 6) is -0.00657. The molecule has 1 aliphatic heterocycles. The number of likely N-dealkylation sites (N-methyl/N-ethyl adjacent to an activating group) is 1. The first-order chi connectivity index (χ1) is 9.04. The lowest BCUT2D eigenvalue weighted by atomic mass is 10.1. The van der Waals surface area contributed by atoms with Gasteiger partial charge in [-0.25, -0.2) is 8.42 Å². The topological polar surface area (TPSA) is 72.6 Å². The van der Waals surface area contributed by atoms with Crippen LogP contribution in [0.4, 0.5) is 0 Å². The van der Waals surface area contributed by atoms with Gasteiger partial charge in [-0.2, -0.15) is 4.31 Å². The highest BCUT2D eigenvalue weighted by Gasteiger charge is 2.29. The SMILES string of the molecule is CN(C1CCOC1)S(=O)(=O)Cc1ccccc1CN. The van der Waals surface area contributed by atoms with Crippen molar-refractivity contribution in [2.24, 2.45) is 5.73 Å². The predicted molar refractivity (Wildman–Crippen MR) is 73.9 cm³/mol. The van der Waals surface area contributed by atoms with E-state index < -0.39 is 10.0 Å². The van der Waals surface area contributed by atoms with Gasteiger partial charge in [0.25, 0.3) is 0 Å². The van der Waals surface area contributed by atoms with Crippen LogP contribution in [0.1, 0.15) is 17.5 Å². The van der Waals surface area contributed by atoms with Gasteiger partial charge in [-0.05, 0) is 17.5 Å². The Morgan fingerprint density at radius 1 is 1.37 bits per heavy atom. The lowest BCUT2D eigenvalue weighted by Crippen LogP contribution is -2.38. The van der Waals surface area contributed by atoms with Crippen LogP contribution < -0.4 is 5.73 Å². The second kappa shape index (κ2) is 6.00. The van der Waals surface area contributed by atoms with Crippen LogP contribution in [0, 0.1) is 0 Å². The Kier molecular flexibility index (Phi) is 4.57. The molecule has 0 saturated carbocycles. The third-order valence-electron chi connectivity index (χ3n) is 3.53. The fourth-order valence-electron chi connectivity index (χ4n) is 2.23. The van der Waals surface area contributed by atoms with Crippen molar-refractivity contribution >= 4 is 10.0 Å². The molecule has 0 radical (unpaired) electrons. The zero-order valence-corrected chi connectivity index (χ0v) is 11.9. The highest BCUT2D eigenvalue weighted by molar-refractivity contribution is 7.88. The van der Waals surface area contributed by atoms with Gasteiger partial charge in [0.05, 0.1) is 18.4 Å². The Balaban J connectivity index is 2.16. The normalized spacial score (nSPS) is 20.1. The van der Waals surface area contributed by atoms with Gasteiger partial charge in [0, 0.05) is 20.2 Å². The van der Waals surface area contributed by atoms with Gasteiger partial charge in [0.1, 0.15) is 0 Å². The van der Waals surface area contributed by atoms with E-state index in [-0.39, 0.29) is 11.8 Å². The summed E-state index contributed by atoms with van der Waals surface area (Å²) in [6, 6.07) is 7.34. The Morgan fingerprint density at radius 3 is 2.63 bits per heavy atom. The molecule has 0 spiro atoms. The number of hydrogen-bond donors (Lipinski definition) is 1. The fourth-order valence-corrected chi connectivity index (χ4v) is 3.73. The minimum absolute atomic E-state index is 0.00657. The summed E-state index contributed by atoms with van der Waals surface area (Å²) in [5, 5.41) is 0. The maximum atomic E-state index is 12.4. The molecule has 1 aromatic rings. The molecular weight excluding hydrogens is 264 g/mol. The third-order valence-corrected chi connectivity index (χ3v) is 5.39. The molecule has 0 bridgehead atoms. The maximum Gasteiger partial charge on any atom is 0.218 e. The van der Waals surface area contributed by atoms with Gasteiger partial charge in [-0.15, -0.1) is 0 Å². The number of nitrogens with zero attached hydrogens (tertiary/aromatic N) is 1. The molecule has 1 aromatic carbocycles. The van der Waals surface area contributed by atoms with Gasteiger partial charge >= 0.3 is 0 Å². The van der Waals surface area contributed by atoms with Crippen LogP contribution in [-0.4, -0.2) is 39.0 Å². The molecule has 1 unspecified atom stereocenters. The molecule has 0 aromatic heterocycles. The number of ether oxygens (including phenoxy) is 1. The Bertz CT molecular complexity index is 524. The quantitative estimate of drug-likeness (QED) is 0.863. The molecule has 0 aliphatic carbocycles. The van der Waals surface area contributed by atoms with E-state index >= 15 is 0 Å². The molecule has 1 saturated heterocycles. The molecular formula is C13H20N2O3S. The van der Waals surface area contributed by atoms with Crippen molar-refractivity contribution in [2.45, 2.75) is 24.8 Å². The number of nitrogens with two attached hydrogens (primary N) is 1. The first kappa shape index (κ1) is 14.5. The van der Waals surface area contributed by atoms with E-state index in [0.717, 1.165) is 17.5 Å². The smallest absolute Gasteiger partial charge is 0.218 e. The number of sulfonamides is 1. The summed E-state index contributed by atoms with van der Waals surface area (Å²) < 4.78 is 31.4. The Labute approximate surface area is 114 Å². The second-order valence-corrected chi connectivity index (χ2v) is 6.79. The molecule has 2 N–H and O–H groups in total. The van der Waals surface area contributed by atoms with E-state index in [2.05, 4.69) is 0 Å². The van der Waals surface area contributed by atoms with Crippen LogP contribution in [0.15, 0.2) is 24.3 Å². The molecule has 6 heteroatoms. The number of hydrogen-bond acceptors (Lipinski definition) is 4. The van der Waals surface area contributed by atoms with E-state index in [1.165, 1.54) is 4.31 Å². The first-order valence-corrected chi connectivity index (χ1v) is 7.96. The lowest BCUT2D eigenvalue weighted by molar-refractivity contribution is 0.181. The maximum absolute atomic E-state index is 12.4. The molecule has 2 rings (SSSR count). The van der Waals surface area contributed by atoms with Crippen molar-refractivity contribution in [2.75, 3.05) is 20.3 Å². The largest absolute Gasteiger partial charge is 0.380 e. The van der Waals surface area contributed by atoms with Crippen molar-refractivity contribution in [3.05, 3.63) is 35.4 Å². The zero-order chi connectivity index (χ0) is 13.9. The number of benzene rings is 1. The van der Waals surface area contributed by atoms with Crippen LogP contribution in [0.3, 0.4) is 0 Å². The van der Waals surface area contributed by atoms with Gasteiger partial charge in [-0.3, -0.25) is 0 Å². The lowest BCUT2D eigenvalue weighted by Gasteiger charge is -2.23. The summed E-state index contributed by atoms with van der Waals surface area (Å²) >= 11 is 0. The van der Waals surface area contributed by atoms with E-state index in [1.54, 1.807) is 7.05 Å². The van der Waals surface area contributed by atoms with Crippen molar-refractivity contribution in [3.63, 3.8) is 0 Å². The zero-order valence-electron chi connectivity index (χ0n) is 11.1. The summed E-state index contributed by atoms with van der Waals surface area (Å²) in [7, 11) is -1.71. The number of rotatable bonds is 5. The van der Waals surface area contributed by atoms with Crippen molar-refractivity contribution in [3.8, 4) is 0 Å². The van der Waals surface area contributed by atoms with Gasteiger partial charge < -0.3 is 10.5 Å². The molecule has 19 heavy (non-hydrogen) atoms. The average Bonchev–Trinajstić information content (AvgIpc) is 2.91. The summed E-state index contributed by atoms with van der Waals surface area (Å²) in [6.45, 7) is 1.46. The minimum Gasteiger partial charge on any atom is -0.380 e. The summed E-state index contributed by atoms with van der Waals surface area (Å²) in [4.78, 5) is 0. The molecule has 106 valence electrons. The van der Waals surface area contributed by atoms with Gasteiger partial charge in [-0.1, -0.05) is 24.3 Å². The van der Waals surface area contributed by atoms with Crippen molar-refractivity contribution in [1.29, 1.82) is 0 Å². The van der Waals surface area contributed by atoms with E-state index in [0.29, 0.717) is 19.8 Å². The Hall–Kier alpha value is -0.950. The van der Waals surface area contributed by atoms with Crippen LogP contribution in [0.2, 0.25) is 0 Å². The second-order valence-electron chi connectivity index (χ2n) is 4.76. The molecule has 1 heterocycles. The van der Waals surface area contributed by atoms with E-state index in [4.69, 9.17) is 10.5 Å². The van der Waals surface area contributed by atoms with Crippen molar-refractivity contribution < 1.29 is 13.2 Å². The van der Waals surface area contributed by atoms with Crippen LogP contribution in [0.25, 0.3) is 0 Å². The standard InChI is InChI=1S/C13H20N2O3S/c1-15(13-6-7-18-9-13)19(16,17)10-12-5-3-2-4-11(12)8-14/h2-5,13H,6-10,14H2,1H3. The predicted octanol–water partition coefficient (Wildman–Crippen LogP) is 0.696. The highest BCUT2D eigenvalue weighted by atomic mass is 32.2. The molecule has 1 atom stereocenters. The average molecular weight is 284 g/mol. The Morgan fingerprint density at radius 2 is 2.05 bits per heavy atom. The fraction of sp³-hybridized carbons (Fsp3) is 0.538. The summed E-state index contributed by atoms with van der Waals surface area (Å²) in [6.07, 6.45) is 0.758. The van der Waals surface area contributed by atoms with Crippen molar-refractivity contribution in [1.82, 2.24) is 4.31 Å².